The number of piperidine rings is 1. The molecule has 4 atom stereocenters. The lowest BCUT2D eigenvalue weighted by Gasteiger charge is -2.38. The molecule has 4 unspecified atom stereocenters. The number of rotatable bonds is 25. The van der Waals surface area contributed by atoms with Crippen LogP contribution in [0.2, 0.25) is 0 Å². The molecule has 2 aromatic rings. The van der Waals surface area contributed by atoms with Crippen LogP contribution in [0.1, 0.15) is 63.5 Å². The Labute approximate surface area is 331 Å². The van der Waals surface area contributed by atoms with Crippen LogP contribution in [0.3, 0.4) is 0 Å². The van der Waals surface area contributed by atoms with E-state index in [1.165, 1.54) is 0 Å². The van der Waals surface area contributed by atoms with E-state index in [1.54, 1.807) is 12.0 Å². The van der Waals surface area contributed by atoms with Gasteiger partial charge in [-0.25, -0.2) is 0 Å². The molecule has 0 spiro atoms. The Kier molecular flexibility index (Phi) is 19.9. The summed E-state index contributed by atoms with van der Waals surface area (Å²) in [5.41, 5.74) is 12.6. The molecule has 1 fully saturated rings. The molecule has 0 radical (unpaired) electrons. The van der Waals surface area contributed by atoms with Crippen LogP contribution in [0.25, 0.3) is 0 Å². The first-order valence-electron chi connectivity index (χ1n) is 19.7. The molecule has 0 aliphatic carbocycles. The van der Waals surface area contributed by atoms with Crippen LogP contribution >= 0.6 is 0 Å². The van der Waals surface area contributed by atoms with Gasteiger partial charge in [0.2, 0.25) is 23.6 Å². The molecular formula is C41H63N7O8. The predicted octanol–water partition coefficient (Wildman–Crippen LogP) is 1.13. The van der Waals surface area contributed by atoms with Crippen molar-refractivity contribution in [2.75, 3.05) is 53.1 Å². The van der Waals surface area contributed by atoms with Crippen molar-refractivity contribution >= 4 is 29.6 Å². The van der Waals surface area contributed by atoms with E-state index < -0.39 is 53.4 Å². The van der Waals surface area contributed by atoms with Gasteiger partial charge in [0.25, 0.3) is 0 Å². The zero-order valence-electron chi connectivity index (χ0n) is 33.2. The number of methoxy groups -OCH3 is 1. The van der Waals surface area contributed by atoms with E-state index >= 15 is 0 Å². The molecule has 0 aromatic heterocycles. The predicted molar refractivity (Wildman–Crippen MR) is 213 cm³/mol. The molecular weight excluding hydrogens is 718 g/mol. The number of aliphatic carboxylic acids is 1. The second-order valence-electron chi connectivity index (χ2n) is 14.9. The lowest BCUT2D eigenvalue weighted by atomic mass is 9.88. The molecule has 3 rings (SSSR count). The van der Waals surface area contributed by atoms with Gasteiger partial charge in [0.1, 0.15) is 23.7 Å². The van der Waals surface area contributed by atoms with E-state index in [9.17, 15) is 29.1 Å². The van der Waals surface area contributed by atoms with Crippen LogP contribution < -0.4 is 32.7 Å². The maximum atomic E-state index is 14.1. The summed E-state index contributed by atoms with van der Waals surface area (Å²) in [5, 5.41) is 21.5. The van der Waals surface area contributed by atoms with Gasteiger partial charge in [0.05, 0.1) is 25.9 Å². The summed E-state index contributed by atoms with van der Waals surface area (Å²) in [6.07, 6.45) is 2.53. The van der Waals surface area contributed by atoms with Gasteiger partial charge in [-0.3, -0.25) is 24.0 Å². The number of nitrogens with one attached hydrogen (secondary N) is 4. The molecule has 0 saturated carbocycles. The summed E-state index contributed by atoms with van der Waals surface area (Å²) in [6.45, 7) is 7.02. The minimum atomic E-state index is -1.42. The average Bonchev–Trinajstić information content (AvgIpc) is 3.18. The maximum absolute atomic E-state index is 14.1. The van der Waals surface area contributed by atoms with E-state index in [4.69, 9.17) is 20.9 Å². The molecule has 15 heteroatoms. The van der Waals surface area contributed by atoms with E-state index in [-0.39, 0.29) is 57.0 Å². The summed E-state index contributed by atoms with van der Waals surface area (Å²) >= 11 is 0. The fourth-order valence-corrected chi connectivity index (χ4v) is 6.48. The highest BCUT2D eigenvalue weighted by Gasteiger charge is 2.40. The van der Waals surface area contributed by atoms with Gasteiger partial charge in [0, 0.05) is 33.2 Å². The fraction of sp³-hybridized carbons (Fsp3) is 0.585. The van der Waals surface area contributed by atoms with Crippen LogP contribution in [0.5, 0.6) is 0 Å². The number of hydrogen-bond acceptors (Lipinski definition) is 10. The quantitative estimate of drug-likeness (QED) is 0.0707. The van der Waals surface area contributed by atoms with Gasteiger partial charge < -0.3 is 52.2 Å². The van der Waals surface area contributed by atoms with E-state index in [1.807, 2.05) is 74.5 Å². The number of unbranched alkanes of at least 4 members (excludes halogenated alkanes) is 1. The number of amides is 4. The van der Waals surface area contributed by atoms with Gasteiger partial charge >= 0.3 is 5.97 Å². The molecule has 4 amide bonds. The smallest absolute Gasteiger partial charge is 0.323 e. The minimum Gasteiger partial charge on any atom is -0.480 e. The fourth-order valence-electron chi connectivity index (χ4n) is 6.48. The molecule has 2 aromatic carbocycles. The SMILES string of the molecule is COCCOCCNCCCCC(NC(=O)C(CC(C)C)NC(=O)C(Cc1ccccc1)NC(=O)C(N)Cc1ccccc1)C(=O)N1CCC(N)(C(=O)O)CC1. The Morgan fingerprint density at radius 1 is 0.768 bits per heavy atom. The Hall–Kier alpha value is -4.41. The summed E-state index contributed by atoms with van der Waals surface area (Å²) in [5.74, 6) is -3.04. The van der Waals surface area contributed by atoms with Crippen molar-refractivity contribution in [3.63, 3.8) is 0 Å². The Balaban J connectivity index is 1.73. The van der Waals surface area contributed by atoms with Crippen molar-refractivity contribution in [3.8, 4) is 0 Å². The summed E-state index contributed by atoms with van der Waals surface area (Å²) in [4.78, 5) is 68.6. The second kappa shape index (κ2) is 24.3. The Bertz CT molecular complexity index is 1510. The highest BCUT2D eigenvalue weighted by molar-refractivity contribution is 5.95. The Morgan fingerprint density at radius 2 is 1.34 bits per heavy atom. The van der Waals surface area contributed by atoms with Crippen molar-refractivity contribution in [2.45, 2.75) is 94.9 Å². The van der Waals surface area contributed by atoms with Gasteiger partial charge in [-0.2, -0.15) is 0 Å². The molecule has 1 heterocycles. The number of benzene rings is 2. The van der Waals surface area contributed by atoms with Gasteiger partial charge in [-0.15, -0.1) is 0 Å². The van der Waals surface area contributed by atoms with Gasteiger partial charge in [-0.1, -0.05) is 74.5 Å². The number of ether oxygens (including phenoxy) is 2. The first-order valence-corrected chi connectivity index (χ1v) is 19.7. The lowest BCUT2D eigenvalue weighted by molar-refractivity contribution is -0.148. The van der Waals surface area contributed by atoms with Crippen molar-refractivity contribution in [3.05, 3.63) is 71.8 Å². The molecule has 1 saturated heterocycles. The molecule has 0 bridgehead atoms. The summed E-state index contributed by atoms with van der Waals surface area (Å²) in [7, 11) is 1.62. The number of carboxylic acid groups (broad SMARTS) is 1. The number of nitrogens with two attached hydrogens (primary N) is 2. The number of likely N-dealkylation sites (tertiary alicyclic amines) is 1. The normalized spacial score (nSPS) is 16.0. The number of nitrogens with zero attached hydrogens (tertiary/aromatic N) is 1. The second-order valence-corrected chi connectivity index (χ2v) is 14.9. The third-order valence-corrected chi connectivity index (χ3v) is 9.85. The number of hydrogen-bond donors (Lipinski definition) is 7. The number of carbonyl (C=O) groups excluding carboxylic acids is 4. The summed E-state index contributed by atoms with van der Waals surface area (Å²) < 4.78 is 10.5. The topological polar surface area (TPSA) is 227 Å². The van der Waals surface area contributed by atoms with Crippen molar-refractivity contribution in [2.24, 2.45) is 17.4 Å². The minimum absolute atomic E-state index is 0.0120. The third-order valence-electron chi connectivity index (χ3n) is 9.85. The standard InChI is InChI=1S/C41H63N7O8/c1-29(2)26-34(47-38(51)35(28-31-14-8-5-9-15-31)46-36(49)32(42)27-30-12-6-4-7-13-30)37(50)45-33(16-10-11-19-44-20-23-56-25-24-55-3)39(52)48-21-17-41(43,18-22-48)40(53)54/h4-9,12-15,29,32-35,44H,10-11,16-28,42-43H2,1-3H3,(H,45,50)(H,46,49)(H,47,51)(H,53,54). The number of carboxylic acids is 1. The van der Waals surface area contributed by atoms with Crippen LogP contribution in [0.4, 0.5) is 0 Å². The van der Waals surface area contributed by atoms with Crippen LogP contribution in [0.15, 0.2) is 60.7 Å². The molecule has 310 valence electrons. The van der Waals surface area contributed by atoms with Crippen LogP contribution in [-0.4, -0.2) is 122 Å². The molecule has 9 N–H and O–H groups in total. The number of carbonyl (C=O) groups is 5. The highest BCUT2D eigenvalue weighted by Crippen LogP contribution is 2.21. The maximum Gasteiger partial charge on any atom is 0.323 e. The largest absolute Gasteiger partial charge is 0.480 e. The average molecular weight is 782 g/mol. The first kappa shape index (κ1) is 46.0. The molecule has 15 nitrogen and oxygen atoms in total. The summed E-state index contributed by atoms with van der Waals surface area (Å²) in [6, 6.07) is 14.7. The third kappa shape index (κ3) is 16.0. The van der Waals surface area contributed by atoms with Crippen molar-refractivity contribution < 1.29 is 38.6 Å². The van der Waals surface area contributed by atoms with Crippen LogP contribution in [0, 0.1) is 5.92 Å². The zero-order chi connectivity index (χ0) is 40.9. The van der Waals surface area contributed by atoms with E-state index in [2.05, 4.69) is 21.3 Å². The lowest BCUT2D eigenvalue weighted by Crippen LogP contribution is -2.60. The first-order chi connectivity index (χ1) is 26.8. The zero-order valence-corrected chi connectivity index (χ0v) is 33.2. The Morgan fingerprint density at radius 3 is 1.93 bits per heavy atom. The van der Waals surface area contributed by atoms with Crippen molar-refractivity contribution in [1.29, 1.82) is 0 Å². The van der Waals surface area contributed by atoms with Crippen molar-refractivity contribution in [1.82, 2.24) is 26.2 Å². The van der Waals surface area contributed by atoms with Gasteiger partial charge in [-0.05, 0) is 68.5 Å². The molecule has 1 aliphatic rings. The van der Waals surface area contributed by atoms with E-state index in [0.717, 1.165) is 17.5 Å². The molecule has 1 aliphatic heterocycles. The highest BCUT2D eigenvalue weighted by atomic mass is 16.5. The van der Waals surface area contributed by atoms with E-state index in [0.29, 0.717) is 45.8 Å². The monoisotopic (exact) mass is 781 g/mol. The molecule has 56 heavy (non-hydrogen) atoms. The van der Waals surface area contributed by atoms with Gasteiger partial charge in [0.15, 0.2) is 0 Å². The van der Waals surface area contributed by atoms with Crippen LogP contribution in [-0.2, 0) is 46.3 Å².